The predicted octanol–water partition coefficient (Wildman–Crippen LogP) is 0.904. The van der Waals surface area contributed by atoms with Crippen molar-refractivity contribution in [1.29, 1.82) is 0 Å². The third-order valence-electron chi connectivity index (χ3n) is 2.85. The molecule has 2 nitrogen and oxygen atoms in total. The van der Waals surface area contributed by atoms with E-state index in [2.05, 4.69) is 22.8 Å². The van der Waals surface area contributed by atoms with Gasteiger partial charge in [-0.15, -0.1) is 0 Å². The van der Waals surface area contributed by atoms with Crippen LogP contribution in [0.4, 0.5) is 0 Å². The SMILES string of the molecule is C1=CCC(CNC2CNC2)CC1. The summed E-state index contributed by atoms with van der Waals surface area (Å²) >= 11 is 0. The lowest BCUT2D eigenvalue weighted by Gasteiger charge is -2.30. The molecule has 12 heavy (non-hydrogen) atoms. The summed E-state index contributed by atoms with van der Waals surface area (Å²) in [6.07, 6.45) is 8.59. The summed E-state index contributed by atoms with van der Waals surface area (Å²) in [7, 11) is 0. The van der Waals surface area contributed by atoms with E-state index in [-0.39, 0.29) is 0 Å². The minimum Gasteiger partial charge on any atom is -0.314 e. The van der Waals surface area contributed by atoms with E-state index in [0.717, 1.165) is 12.0 Å². The number of rotatable bonds is 3. The maximum atomic E-state index is 3.59. The number of nitrogens with one attached hydrogen (secondary N) is 2. The summed E-state index contributed by atoms with van der Waals surface area (Å²) < 4.78 is 0. The standard InChI is InChI=1S/C10H18N2/c1-2-4-9(5-3-1)6-12-10-7-11-8-10/h1-2,9-12H,3-8H2. The summed E-state index contributed by atoms with van der Waals surface area (Å²) in [5.74, 6) is 0.899. The van der Waals surface area contributed by atoms with Crippen molar-refractivity contribution >= 4 is 0 Å². The third kappa shape index (κ3) is 2.08. The topological polar surface area (TPSA) is 24.1 Å². The van der Waals surface area contributed by atoms with Crippen LogP contribution in [-0.2, 0) is 0 Å². The van der Waals surface area contributed by atoms with Crippen LogP contribution in [0.3, 0.4) is 0 Å². The summed E-state index contributed by atoms with van der Waals surface area (Å²) in [6.45, 7) is 3.56. The molecule has 2 heteroatoms. The zero-order valence-corrected chi connectivity index (χ0v) is 7.55. The minimum absolute atomic E-state index is 0.760. The van der Waals surface area contributed by atoms with Crippen molar-refractivity contribution in [3.05, 3.63) is 12.2 Å². The number of hydrogen-bond acceptors (Lipinski definition) is 2. The first-order valence-electron chi connectivity index (χ1n) is 5.04. The van der Waals surface area contributed by atoms with Crippen molar-refractivity contribution in [3.63, 3.8) is 0 Å². The molecule has 1 unspecified atom stereocenters. The van der Waals surface area contributed by atoms with E-state index < -0.39 is 0 Å². The van der Waals surface area contributed by atoms with Crippen molar-refractivity contribution in [2.24, 2.45) is 5.92 Å². The van der Waals surface area contributed by atoms with Crippen molar-refractivity contribution in [2.45, 2.75) is 25.3 Å². The first-order chi connectivity index (χ1) is 5.95. The zero-order valence-electron chi connectivity index (χ0n) is 7.55. The average molecular weight is 166 g/mol. The Bertz CT molecular complexity index is 161. The Morgan fingerprint density at radius 3 is 2.83 bits per heavy atom. The molecular weight excluding hydrogens is 148 g/mol. The van der Waals surface area contributed by atoms with Crippen molar-refractivity contribution in [1.82, 2.24) is 10.6 Å². The van der Waals surface area contributed by atoms with E-state index >= 15 is 0 Å². The highest BCUT2D eigenvalue weighted by Crippen LogP contribution is 2.17. The van der Waals surface area contributed by atoms with E-state index in [1.54, 1.807) is 0 Å². The van der Waals surface area contributed by atoms with Crippen LogP contribution in [-0.4, -0.2) is 25.7 Å². The van der Waals surface area contributed by atoms with Crippen LogP contribution >= 0.6 is 0 Å². The van der Waals surface area contributed by atoms with Gasteiger partial charge < -0.3 is 10.6 Å². The maximum absolute atomic E-state index is 3.59. The molecule has 1 atom stereocenters. The normalized spacial score (nSPS) is 30.2. The van der Waals surface area contributed by atoms with Gasteiger partial charge in [-0.25, -0.2) is 0 Å². The lowest BCUT2D eigenvalue weighted by Crippen LogP contribution is -2.56. The molecule has 1 heterocycles. The van der Waals surface area contributed by atoms with Crippen LogP contribution in [0.15, 0.2) is 12.2 Å². The monoisotopic (exact) mass is 166 g/mol. The highest BCUT2D eigenvalue weighted by Gasteiger charge is 2.17. The molecule has 0 radical (unpaired) electrons. The molecule has 1 saturated heterocycles. The molecule has 1 aliphatic carbocycles. The van der Waals surface area contributed by atoms with Crippen LogP contribution in [0.2, 0.25) is 0 Å². The molecule has 1 fully saturated rings. The Hall–Kier alpha value is -0.340. The number of allylic oxidation sites excluding steroid dienone is 2. The summed E-state index contributed by atoms with van der Waals surface area (Å²) in [4.78, 5) is 0. The van der Waals surface area contributed by atoms with E-state index in [1.165, 1.54) is 38.9 Å². The van der Waals surface area contributed by atoms with Gasteiger partial charge >= 0.3 is 0 Å². The number of hydrogen-bond donors (Lipinski definition) is 2. The summed E-state index contributed by atoms with van der Waals surface area (Å²) in [5.41, 5.74) is 0. The second-order valence-electron chi connectivity index (χ2n) is 3.91. The third-order valence-corrected chi connectivity index (χ3v) is 2.85. The zero-order chi connectivity index (χ0) is 8.23. The molecule has 1 aliphatic heterocycles. The fourth-order valence-electron chi connectivity index (χ4n) is 1.81. The van der Waals surface area contributed by atoms with Gasteiger partial charge in [-0.2, -0.15) is 0 Å². The van der Waals surface area contributed by atoms with Crippen molar-refractivity contribution < 1.29 is 0 Å². The van der Waals surface area contributed by atoms with E-state index in [9.17, 15) is 0 Å². The molecule has 0 spiro atoms. The maximum Gasteiger partial charge on any atom is 0.0317 e. The van der Waals surface area contributed by atoms with Crippen LogP contribution in [0, 0.1) is 5.92 Å². The van der Waals surface area contributed by atoms with E-state index in [1.807, 2.05) is 0 Å². The minimum atomic E-state index is 0.760. The molecule has 68 valence electrons. The van der Waals surface area contributed by atoms with Crippen LogP contribution in [0.25, 0.3) is 0 Å². The second-order valence-corrected chi connectivity index (χ2v) is 3.91. The Kier molecular flexibility index (Phi) is 2.79. The van der Waals surface area contributed by atoms with Gasteiger partial charge in [0, 0.05) is 19.1 Å². The molecule has 2 rings (SSSR count). The largest absolute Gasteiger partial charge is 0.314 e. The Morgan fingerprint density at radius 1 is 1.33 bits per heavy atom. The van der Waals surface area contributed by atoms with Crippen molar-refractivity contribution in [2.75, 3.05) is 19.6 Å². The van der Waals surface area contributed by atoms with Gasteiger partial charge in [-0.1, -0.05) is 12.2 Å². The fraction of sp³-hybridized carbons (Fsp3) is 0.800. The van der Waals surface area contributed by atoms with Crippen LogP contribution in [0.1, 0.15) is 19.3 Å². The molecule has 0 aromatic heterocycles. The second kappa shape index (κ2) is 4.06. The smallest absolute Gasteiger partial charge is 0.0317 e. The van der Waals surface area contributed by atoms with E-state index in [0.29, 0.717) is 0 Å². The molecule has 0 aromatic carbocycles. The molecule has 0 aromatic rings. The van der Waals surface area contributed by atoms with Gasteiger partial charge in [0.2, 0.25) is 0 Å². The summed E-state index contributed by atoms with van der Waals surface area (Å²) in [5, 5.41) is 6.86. The highest BCUT2D eigenvalue weighted by molar-refractivity contribution is 4.91. The molecule has 2 aliphatic rings. The Balaban J connectivity index is 1.62. The quantitative estimate of drug-likeness (QED) is 0.609. The van der Waals surface area contributed by atoms with Gasteiger partial charge in [0.25, 0.3) is 0 Å². The van der Waals surface area contributed by atoms with Gasteiger partial charge in [0.15, 0.2) is 0 Å². The van der Waals surface area contributed by atoms with Gasteiger partial charge in [-0.3, -0.25) is 0 Å². The van der Waals surface area contributed by atoms with Crippen molar-refractivity contribution in [3.8, 4) is 0 Å². The first kappa shape index (κ1) is 8.27. The molecule has 2 N–H and O–H groups in total. The Morgan fingerprint density at radius 2 is 2.25 bits per heavy atom. The van der Waals surface area contributed by atoms with Crippen LogP contribution in [0.5, 0.6) is 0 Å². The summed E-state index contributed by atoms with van der Waals surface area (Å²) in [6, 6.07) is 0.760. The lowest BCUT2D eigenvalue weighted by molar-refractivity contribution is 0.330. The van der Waals surface area contributed by atoms with Gasteiger partial charge in [0.05, 0.1) is 0 Å². The first-order valence-corrected chi connectivity index (χ1v) is 5.04. The Labute approximate surface area is 74.4 Å². The molecular formula is C10H18N2. The van der Waals surface area contributed by atoms with E-state index in [4.69, 9.17) is 0 Å². The fourth-order valence-corrected chi connectivity index (χ4v) is 1.81. The molecule has 0 amide bonds. The average Bonchev–Trinajstić information content (AvgIpc) is 2.04. The van der Waals surface area contributed by atoms with Crippen LogP contribution < -0.4 is 10.6 Å². The molecule has 0 bridgehead atoms. The highest BCUT2D eigenvalue weighted by atomic mass is 15.1. The lowest BCUT2D eigenvalue weighted by atomic mass is 9.94. The molecule has 0 saturated carbocycles. The van der Waals surface area contributed by atoms with Gasteiger partial charge in [-0.05, 0) is 31.7 Å². The predicted molar refractivity (Wildman–Crippen MR) is 51.1 cm³/mol. The van der Waals surface area contributed by atoms with Gasteiger partial charge in [0.1, 0.15) is 0 Å².